The summed E-state index contributed by atoms with van der Waals surface area (Å²) in [6, 6.07) is 7.24. The number of aryl methyl sites for hydroxylation is 1. The Bertz CT molecular complexity index is 623. The van der Waals surface area contributed by atoms with Gasteiger partial charge in [0.2, 0.25) is 0 Å². The highest BCUT2D eigenvalue weighted by Crippen LogP contribution is 2.16. The van der Waals surface area contributed by atoms with Crippen molar-refractivity contribution in [1.82, 2.24) is 0 Å². The first kappa shape index (κ1) is 11.6. The van der Waals surface area contributed by atoms with Crippen molar-refractivity contribution in [3.63, 3.8) is 0 Å². The molecule has 0 bridgehead atoms. The molecule has 0 N–H and O–H groups in total. The zero-order valence-corrected chi connectivity index (χ0v) is 9.95. The number of ketones is 1. The van der Waals surface area contributed by atoms with Gasteiger partial charge < -0.3 is 4.42 Å². The summed E-state index contributed by atoms with van der Waals surface area (Å²) in [4.78, 5) is 23.2. The molecule has 0 spiro atoms. The summed E-state index contributed by atoms with van der Waals surface area (Å²) in [7, 11) is 0. The van der Waals surface area contributed by atoms with Crippen LogP contribution in [0.25, 0.3) is 10.8 Å². The van der Waals surface area contributed by atoms with Crippen LogP contribution in [0.1, 0.15) is 36.4 Å². The molecule has 1 aromatic carbocycles. The average molecular weight is 230 g/mol. The Hall–Kier alpha value is -1.90. The van der Waals surface area contributed by atoms with Gasteiger partial charge in [0.15, 0.2) is 11.5 Å². The molecule has 3 nitrogen and oxygen atoms in total. The van der Waals surface area contributed by atoms with Crippen LogP contribution in [0.15, 0.2) is 33.5 Å². The molecule has 88 valence electrons. The molecule has 0 fully saturated rings. The second-order valence-electron chi connectivity index (χ2n) is 3.95. The summed E-state index contributed by atoms with van der Waals surface area (Å²) < 4.78 is 5.01. The van der Waals surface area contributed by atoms with Crippen LogP contribution in [0, 0.1) is 0 Å². The molecule has 0 amide bonds. The fourth-order valence-electron chi connectivity index (χ4n) is 1.77. The van der Waals surface area contributed by atoms with E-state index in [2.05, 4.69) is 0 Å². The molecule has 17 heavy (non-hydrogen) atoms. The van der Waals surface area contributed by atoms with Crippen LogP contribution in [0.4, 0.5) is 0 Å². The molecule has 0 aliphatic heterocycles. The molecule has 2 aromatic rings. The van der Waals surface area contributed by atoms with E-state index in [9.17, 15) is 9.59 Å². The summed E-state index contributed by atoms with van der Waals surface area (Å²) in [5, 5.41) is 1.30. The molecule has 0 aliphatic rings. The molecular weight excluding hydrogens is 216 g/mol. The molecule has 0 atom stereocenters. The maximum atomic E-state index is 11.7. The van der Waals surface area contributed by atoms with Crippen molar-refractivity contribution in [2.45, 2.75) is 26.7 Å². The molecule has 0 radical (unpaired) electrons. The first-order chi connectivity index (χ1) is 8.15. The Morgan fingerprint density at radius 2 is 2.00 bits per heavy atom. The number of fused-ring (bicyclic) bond motifs is 1. The number of carbonyl (C=O) groups excluding carboxylic acids is 1. The number of carbonyl (C=O) groups is 1. The number of hydrogen-bond acceptors (Lipinski definition) is 3. The quantitative estimate of drug-likeness (QED) is 0.761. The summed E-state index contributed by atoms with van der Waals surface area (Å²) in [5.41, 5.74) is 0.694. The van der Waals surface area contributed by atoms with Crippen LogP contribution < -0.4 is 5.63 Å². The Morgan fingerprint density at radius 1 is 1.24 bits per heavy atom. The van der Waals surface area contributed by atoms with Crippen LogP contribution in [-0.2, 0) is 6.42 Å². The van der Waals surface area contributed by atoms with Crippen molar-refractivity contribution < 1.29 is 9.21 Å². The Kier molecular flexibility index (Phi) is 3.09. The van der Waals surface area contributed by atoms with E-state index in [1.807, 2.05) is 19.1 Å². The topological polar surface area (TPSA) is 47.3 Å². The minimum absolute atomic E-state index is 0.147. The zero-order chi connectivity index (χ0) is 12.4. The smallest absolute Gasteiger partial charge is 0.344 e. The zero-order valence-electron chi connectivity index (χ0n) is 9.95. The van der Waals surface area contributed by atoms with Crippen molar-refractivity contribution >= 4 is 16.6 Å². The van der Waals surface area contributed by atoms with Crippen LogP contribution in [-0.4, -0.2) is 5.78 Å². The lowest BCUT2D eigenvalue weighted by Gasteiger charge is -2.02. The number of Topliss-reactive ketones (excluding diaryl/α,β-unsaturated/α-hetero) is 1. The number of hydrogen-bond donors (Lipinski definition) is 0. The lowest BCUT2D eigenvalue weighted by Crippen LogP contribution is -2.06. The molecule has 3 heteroatoms. The maximum Gasteiger partial charge on any atom is 0.344 e. The minimum Gasteiger partial charge on any atom is -0.419 e. The van der Waals surface area contributed by atoms with E-state index in [1.165, 1.54) is 0 Å². The fourth-order valence-corrected chi connectivity index (χ4v) is 1.77. The lowest BCUT2D eigenvalue weighted by molar-refractivity contribution is 0.0957. The van der Waals surface area contributed by atoms with Gasteiger partial charge in [-0.25, -0.2) is 4.79 Å². The average Bonchev–Trinajstić information content (AvgIpc) is 2.36. The van der Waals surface area contributed by atoms with E-state index in [4.69, 9.17) is 4.42 Å². The van der Waals surface area contributed by atoms with Crippen molar-refractivity contribution in [3.05, 3.63) is 46.0 Å². The van der Waals surface area contributed by atoms with Gasteiger partial charge in [-0.05, 0) is 29.5 Å². The molecule has 1 aromatic heterocycles. The number of benzene rings is 1. The Balaban J connectivity index is 2.70. The van der Waals surface area contributed by atoms with Crippen molar-refractivity contribution in [3.8, 4) is 0 Å². The third-order valence-electron chi connectivity index (χ3n) is 2.83. The van der Waals surface area contributed by atoms with Gasteiger partial charge in [-0.1, -0.05) is 26.0 Å². The molecule has 0 unspecified atom stereocenters. The molecule has 0 saturated carbocycles. The van der Waals surface area contributed by atoms with Crippen molar-refractivity contribution in [2.24, 2.45) is 0 Å². The van der Waals surface area contributed by atoms with Crippen LogP contribution in [0.5, 0.6) is 0 Å². The third-order valence-corrected chi connectivity index (χ3v) is 2.83. The van der Waals surface area contributed by atoms with Crippen molar-refractivity contribution in [1.29, 1.82) is 0 Å². The highest BCUT2D eigenvalue weighted by atomic mass is 16.4. The van der Waals surface area contributed by atoms with Crippen LogP contribution in [0.2, 0.25) is 0 Å². The van der Waals surface area contributed by atoms with E-state index in [0.29, 0.717) is 11.8 Å². The van der Waals surface area contributed by atoms with Gasteiger partial charge in [0.05, 0.1) is 5.39 Å². The monoisotopic (exact) mass is 230 g/mol. The second kappa shape index (κ2) is 4.53. The van der Waals surface area contributed by atoms with Crippen LogP contribution >= 0.6 is 0 Å². The highest BCUT2D eigenvalue weighted by molar-refractivity contribution is 5.96. The van der Waals surface area contributed by atoms with Crippen molar-refractivity contribution in [2.75, 3.05) is 0 Å². The first-order valence-corrected chi connectivity index (χ1v) is 5.75. The van der Waals surface area contributed by atoms with Gasteiger partial charge in [0.25, 0.3) is 0 Å². The Morgan fingerprint density at radius 3 is 2.65 bits per heavy atom. The highest BCUT2D eigenvalue weighted by Gasteiger charge is 2.10. The van der Waals surface area contributed by atoms with Gasteiger partial charge in [0, 0.05) is 6.42 Å². The maximum absolute atomic E-state index is 11.7. The first-order valence-electron chi connectivity index (χ1n) is 5.75. The third kappa shape index (κ3) is 2.13. The van der Waals surface area contributed by atoms with Crippen LogP contribution in [0.3, 0.4) is 0 Å². The summed E-state index contributed by atoms with van der Waals surface area (Å²) in [6.07, 6.45) is 1.23. The second-order valence-corrected chi connectivity index (χ2v) is 3.95. The largest absolute Gasteiger partial charge is 0.419 e. The van der Waals surface area contributed by atoms with E-state index in [0.717, 1.165) is 17.4 Å². The van der Waals surface area contributed by atoms with E-state index < -0.39 is 5.63 Å². The van der Waals surface area contributed by atoms with E-state index >= 15 is 0 Å². The molecule has 0 aliphatic carbocycles. The van der Waals surface area contributed by atoms with E-state index in [-0.39, 0.29) is 11.5 Å². The normalized spacial score (nSPS) is 10.7. The molecule has 1 heterocycles. The Labute approximate surface area is 99.1 Å². The van der Waals surface area contributed by atoms with Gasteiger partial charge in [0.1, 0.15) is 0 Å². The summed E-state index contributed by atoms with van der Waals surface area (Å²) in [6.45, 7) is 3.79. The standard InChI is InChI=1S/C14H14O3/c1-3-9-5-6-11-10(7-9)8-13(12(15)4-2)17-14(11)16/h5-8H,3-4H2,1-2H3. The summed E-state index contributed by atoms with van der Waals surface area (Å²) in [5.74, 6) is 0.00385. The SMILES string of the molecule is CCC(=O)c1cc2cc(CC)ccc2c(=O)o1. The van der Waals surface area contributed by atoms with Gasteiger partial charge in [-0.15, -0.1) is 0 Å². The molecule has 0 saturated heterocycles. The molecular formula is C14H14O3. The van der Waals surface area contributed by atoms with Gasteiger partial charge in [-0.3, -0.25) is 4.79 Å². The fraction of sp³-hybridized carbons (Fsp3) is 0.286. The lowest BCUT2D eigenvalue weighted by atomic mass is 10.1. The van der Waals surface area contributed by atoms with Gasteiger partial charge >= 0.3 is 5.63 Å². The van der Waals surface area contributed by atoms with E-state index in [1.54, 1.807) is 19.1 Å². The number of rotatable bonds is 3. The summed E-state index contributed by atoms with van der Waals surface area (Å²) >= 11 is 0. The predicted octanol–water partition coefficient (Wildman–Crippen LogP) is 2.95. The van der Waals surface area contributed by atoms with Gasteiger partial charge in [-0.2, -0.15) is 0 Å². The molecule has 2 rings (SSSR count). The predicted molar refractivity (Wildman–Crippen MR) is 66.5 cm³/mol. The minimum atomic E-state index is -0.443.